The quantitative estimate of drug-likeness (QED) is 0.451. The average Bonchev–Trinajstić information content (AvgIpc) is 2.81. The summed E-state index contributed by atoms with van der Waals surface area (Å²) < 4.78 is 1.14. The Kier molecular flexibility index (Phi) is 6.67. The number of nitrogens with one attached hydrogen (secondary N) is 2. The van der Waals surface area contributed by atoms with E-state index >= 15 is 0 Å². The molecule has 3 aliphatic rings. The van der Waals surface area contributed by atoms with E-state index < -0.39 is 5.56 Å². The number of oxime groups is 1. The molecule has 2 heterocycles. The molecule has 2 bridgehead atoms. The Bertz CT molecular complexity index is 1120. The minimum absolute atomic E-state index is 0.214. The third kappa shape index (κ3) is 4.53. The smallest absolute Gasteiger partial charge is 0.278 e. The molecule has 10 heteroatoms. The van der Waals surface area contributed by atoms with Gasteiger partial charge in [0, 0.05) is 12.2 Å². The van der Waals surface area contributed by atoms with Crippen LogP contribution in [0.4, 0.5) is 5.69 Å². The first-order valence-corrected chi connectivity index (χ1v) is 11.7. The fraction of sp³-hybridized carbons (Fsp3) is 0.583. The normalized spacial score (nSPS) is 25.9. The van der Waals surface area contributed by atoms with Crippen LogP contribution in [-0.2, 0) is 16.2 Å². The fourth-order valence-corrected chi connectivity index (χ4v) is 5.57. The van der Waals surface area contributed by atoms with Crippen molar-refractivity contribution in [2.75, 3.05) is 12.4 Å². The van der Waals surface area contributed by atoms with E-state index in [1.807, 2.05) is 6.92 Å². The number of hydrogen-bond acceptors (Lipinski definition) is 8. The van der Waals surface area contributed by atoms with Crippen LogP contribution in [0.15, 0.2) is 34.6 Å². The second-order valence-corrected chi connectivity index (χ2v) is 10.0. The summed E-state index contributed by atoms with van der Waals surface area (Å²) in [4.78, 5) is 30.6. The number of carbonyl (C=O) groups excluding carboxylic acids is 1. The van der Waals surface area contributed by atoms with Gasteiger partial charge in [-0.05, 0) is 54.6 Å². The maximum atomic E-state index is 13.2. The number of hydrogen-bond donors (Lipinski definition) is 2. The van der Waals surface area contributed by atoms with E-state index in [-0.39, 0.29) is 24.5 Å². The van der Waals surface area contributed by atoms with Crippen molar-refractivity contribution in [1.82, 2.24) is 25.3 Å². The predicted octanol–water partition coefficient (Wildman–Crippen LogP) is 2.37. The van der Waals surface area contributed by atoms with Gasteiger partial charge in [-0.25, -0.2) is 4.68 Å². The lowest BCUT2D eigenvalue weighted by atomic mass is 9.45. The van der Waals surface area contributed by atoms with E-state index in [1.54, 1.807) is 24.7 Å². The van der Waals surface area contributed by atoms with Gasteiger partial charge in [0.05, 0.1) is 35.9 Å². The number of fused-ring (bicyclic) bond motifs is 2. The molecule has 10 nitrogen and oxygen atoms in total. The van der Waals surface area contributed by atoms with E-state index in [9.17, 15) is 9.59 Å². The second-order valence-electron chi connectivity index (χ2n) is 10.0. The van der Waals surface area contributed by atoms with Gasteiger partial charge in [0.25, 0.3) is 5.56 Å². The van der Waals surface area contributed by atoms with Gasteiger partial charge in [-0.3, -0.25) is 9.59 Å². The molecule has 182 valence electrons. The summed E-state index contributed by atoms with van der Waals surface area (Å²) in [5.74, 6) is 1.48. The Morgan fingerprint density at radius 2 is 2.15 bits per heavy atom. The van der Waals surface area contributed by atoms with Crippen LogP contribution in [0.25, 0.3) is 0 Å². The highest BCUT2D eigenvalue weighted by molar-refractivity contribution is 5.86. The summed E-state index contributed by atoms with van der Waals surface area (Å²) >= 11 is 0. The van der Waals surface area contributed by atoms with E-state index in [2.05, 4.69) is 51.9 Å². The van der Waals surface area contributed by atoms with Crippen LogP contribution in [0.1, 0.15) is 57.7 Å². The van der Waals surface area contributed by atoms with E-state index in [0.29, 0.717) is 34.4 Å². The van der Waals surface area contributed by atoms with Gasteiger partial charge in [0.1, 0.15) is 13.7 Å². The molecule has 2 N–H and O–H groups in total. The third-order valence-electron chi connectivity index (χ3n) is 7.84. The van der Waals surface area contributed by atoms with Crippen molar-refractivity contribution in [2.45, 2.75) is 59.2 Å². The number of nitrogens with zero attached hydrogens (tertiary/aromatic N) is 5. The second kappa shape index (κ2) is 9.52. The Balaban J connectivity index is 1.50. The van der Waals surface area contributed by atoms with Crippen LogP contribution in [0.2, 0.25) is 0 Å². The molecule has 3 aliphatic carbocycles. The molecule has 0 radical (unpaired) electrons. The zero-order chi connectivity index (χ0) is 24.5. The molecule has 0 aromatic carbocycles. The summed E-state index contributed by atoms with van der Waals surface area (Å²) in [7, 11) is 1.42. The highest BCUT2D eigenvalue weighted by Crippen LogP contribution is 2.61. The zero-order valence-electron chi connectivity index (χ0n) is 20.4. The van der Waals surface area contributed by atoms with Gasteiger partial charge in [0.2, 0.25) is 5.91 Å². The highest BCUT2D eigenvalue weighted by atomic mass is 16.6. The van der Waals surface area contributed by atoms with Gasteiger partial charge in [-0.2, -0.15) is 15.3 Å². The summed E-state index contributed by atoms with van der Waals surface area (Å²) in [6.07, 6.45) is 8.46. The number of anilines is 1. The average molecular weight is 468 g/mol. The number of amides is 1. The Labute approximate surface area is 199 Å². The van der Waals surface area contributed by atoms with Crippen molar-refractivity contribution in [2.24, 2.45) is 28.3 Å². The lowest BCUT2D eigenvalue weighted by molar-refractivity contribution is -0.122. The summed E-state index contributed by atoms with van der Waals surface area (Å²) in [5, 5.41) is 22.1. The zero-order valence-corrected chi connectivity index (χ0v) is 20.4. The molecule has 5 atom stereocenters. The number of aromatic nitrogens is 4. The number of carbonyl (C=O) groups is 1. The van der Waals surface area contributed by atoms with Gasteiger partial charge in [-0.15, -0.1) is 0 Å². The Morgan fingerprint density at radius 3 is 2.79 bits per heavy atom. The molecule has 0 spiro atoms. The van der Waals surface area contributed by atoms with Gasteiger partial charge >= 0.3 is 0 Å². The van der Waals surface area contributed by atoms with Crippen molar-refractivity contribution in [3.63, 3.8) is 0 Å². The maximum absolute atomic E-state index is 13.2. The minimum Gasteiger partial charge on any atom is -0.399 e. The predicted molar refractivity (Wildman–Crippen MR) is 128 cm³/mol. The SMILES string of the molecule is CO/N=C/c1c(N[C@@H]2C[C@@H]3C[C@H]([C@H]2C)C3(C)C)cnn(CC(=O)NC(C)c2ccnnc2)c1=O. The largest absolute Gasteiger partial charge is 0.399 e. The van der Waals surface area contributed by atoms with E-state index in [0.717, 1.165) is 16.7 Å². The lowest BCUT2D eigenvalue weighted by Crippen LogP contribution is -2.58. The van der Waals surface area contributed by atoms with Crippen molar-refractivity contribution in [3.8, 4) is 0 Å². The molecule has 5 rings (SSSR count). The van der Waals surface area contributed by atoms with E-state index in [1.165, 1.54) is 19.7 Å². The molecule has 1 unspecified atom stereocenters. The molecule has 3 saturated carbocycles. The first-order valence-electron chi connectivity index (χ1n) is 11.7. The van der Waals surface area contributed by atoms with Gasteiger partial charge in [0.15, 0.2) is 0 Å². The van der Waals surface area contributed by atoms with Crippen LogP contribution >= 0.6 is 0 Å². The van der Waals surface area contributed by atoms with Gasteiger partial charge < -0.3 is 15.5 Å². The molecule has 0 aliphatic heterocycles. The van der Waals surface area contributed by atoms with Crippen molar-refractivity contribution in [1.29, 1.82) is 0 Å². The first-order chi connectivity index (χ1) is 16.2. The van der Waals surface area contributed by atoms with Crippen LogP contribution in [-0.4, -0.2) is 45.3 Å². The van der Waals surface area contributed by atoms with Crippen LogP contribution in [0, 0.1) is 23.2 Å². The number of rotatable bonds is 8. The van der Waals surface area contributed by atoms with Crippen LogP contribution < -0.4 is 16.2 Å². The standard InChI is InChI=1S/C24H33N7O3/c1-14-19-8-17(24(19,3)4)9-20(14)30-21-12-27-31(23(33)18(21)11-28-34-5)13-22(32)29-15(2)16-6-7-25-26-10-16/h6-7,10-12,14-15,17,19-20,30H,8-9,13H2,1-5H3,(H,29,32)/b28-11+/t14-,15?,17+,19-,20-/m1/s1. The highest BCUT2D eigenvalue weighted by Gasteiger charge is 2.56. The first kappa shape index (κ1) is 23.8. The van der Waals surface area contributed by atoms with Crippen molar-refractivity contribution >= 4 is 17.8 Å². The molecule has 34 heavy (non-hydrogen) atoms. The lowest BCUT2D eigenvalue weighted by Gasteiger charge is -2.62. The van der Waals surface area contributed by atoms with Crippen LogP contribution in [0.3, 0.4) is 0 Å². The summed E-state index contributed by atoms with van der Waals surface area (Å²) in [5.41, 5.74) is 1.71. The fourth-order valence-electron chi connectivity index (χ4n) is 5.57. The van der Waals surface area contributed by atoms with Crippen LogP contribution in [0.5, 0.6) is 0 Å². The molecule has 2 aromatic rings. The van der Waals surface area contributed by atoms with Crippen molar-refractivity contribution < 1.29 is 9.63 Å². The topological polar surface area (TPSA) is 123 Å². The molecule has 1 amide bonds. The summed E-state index contributed by atoms with van der Waals surface area (Å²) in [6.45, 7) is 8.62. The maximum Gasteiger partial charge on any atom is 0.278 e. The molecular formula is C24H33N7O3. The molecular weight excluding hydrogens is 434 g/mol. The van der Waals surface area contributed by atoms with Gasteiger partial charge in [-0.1, -0.05) is 25.9 Å². The minimum atomic E-state index is -0.409. The summed E-state index contributed by atoms with van der Waals surface area (Å²) in [6, 6.07) is 1.75. The Morgan fingerprint density at radius 1 is 1.35 bits per heavy atom. The third-order valence-corrected chi connectivity index (χ3v) is 7.84. The Hall–Kier alpha value is -3.30. The monoisotopic (exact) mass is 467 g/mol. The van der Waals surface area contributed by atoms with E-state index in [4.69, 9.17) is 4.84 Å². The molecule has 2 aromatic heterocycles. The molecule has 3 fully saturated rings. The molecule has 0 saturated heterocycles. The van der Waals surface area contributed by atoms with Crippen molar-refractivity contribution in [3.05, 3.63) is 46.1 Å².